The van der Waals surface area contributed by atoms with Gasteiger partial charge in [0.15, 0.2) is 5.69 Å². The topological polar surface area (TPSA) is 66.9 Å². The van der Waals surface area contributed by atoms with Crippen molar-refractivity contribution in [2.45, 2.75) is 39.2 Å². The van der Waals surface area contributed by atoms with Gasteiger partial charge in [0.25, 0.3) is 5.91 Å². The lowest BCUT2D eigenvalue weighted by Gasteiger charge is -2.26. The molecule has 0 spiro atoms. The molecule has 0 aromatic carbocycles. The summed E-state index contributed by atoms with van der Waals surface area (Å²) in [6, 6.07) is 3.50. The highest BCUT2D eigenvalue weighted by Gasteiger charge is 2.37. The van der Waals surface area contributed by atoms with Gasteiger partial charge in [0.2, 0.25) is 0 Å². The predicted molar refractivity (Wildman–Crippen MR) is 70.5 cm³/mol. The van der Waals surface area contributed by atoms with E-state index in [2.05, 4.69) is 34.7 Å². The number of nitrogens with zero attached hydrogens (tertiary/aromatic N) is 2. The molecule has 1 aliphatic rings. The van der Waals surface area contributed by atoms with Gasteiger partial charge in [-0.1, -0.05) is 0 Å². The monoisotopic (exact) mass is 248 g/mol. The van der Waals surface area contributed by atoms with Gasteiger partial charge in [-0.05, 0) is 51.7 Å². The Hall–Kier alpha value is -1.65. The van der Waals surface area contributed by atoms with Crippen LogP contribution in [0.2, 0.25) is 0 Å². The van der Waals surface area contributed by atoms with Crippen LogP contribution in [0.3, 0.4) is 0 Å². The standard InChI is InChI=1S/C13H20N4O/c1-4-14-12(18)10-7-8-11(17-16-10)15-13(2,3)9-5-6-9/h7-9H,4-6H2,1-3H3,(H,14,18)(H,15,17). The zero-order chi connectivity index (χ0) is 13.2. The van der Waals surface area contributed by atoms with Crippen LogP contribution in [0.25, 0.3) is 0 Å². The Morgan fingerprint density at radius 2 is 2.11 bits per heavy atom. The van der Waals surface area contributed by atoms with Crippen molar-refractivity contribution in [1.29, 1.82) is 0 Å². The molecule has 1 heterocycles. The number of rotatable bonds is 5. The van der Waals surface area contributed by atoms with E-state index in [-0.39, 0.29) is 11.4 Å². The molecule has 0 bridgehead atoms. The van der Waals surface area contributed by atoms with Crippen LogP contribution in [0.15, 0.2) is 12.1 Å². The van der Waals surface area contributed by atoms with Crippen LogP contribution in [0.5, 0.6) is 0 Å². The third-order valence-corrected chi connectivity index (χ3v) is 3.28. The second-order valence-electron chi connectivity index (χ2n) is 5.28. The summed E-state index contributed by atoms with van der Waals surface area (Å²) in [5.41, 5.74) is 0.397. The highest BCUT2D eigenvalue weighted by Crippen LogP contribution is 2.40. The van der Waals surface area contributed by atoms with Gasteiger partial charge in [-0.3, -0.25) is 4.79 Å². The Balaban J connectivity index is 2.01. The van der Waals surface area contributed by atoms with Gasteiger partial charge in [-0.25, -0.2) is 0 Å². The molecule has 0 saturated heterocycles. The fraction of sp³-hybridized carbons (Fsp3) is 0.615. The minimum Gasteiger partial charge on any atom is -0.363 e. The number of nitrogens with one attached hydrogen (secondary N) is 2. The molecule has 1 fully saturated rings. The SMILES string of the molecule is CCNC(=O)c1ccc(NC(C)(C)C2CC2)nn1. The third kappa shape index (κ3) is 2.97. The summed E-state index contributed by atoms with van der Waals surface area (Å²) in [6.07, 6.45) is 2.54. The van der Waals surface area contributed by atoms with E-state index in [1.54, 1.807) is 6.07 Å². The molecule has 0 unspecified atom stereocenters. The highest BCUT2D eigenvalue weighted by atomic mass is 16.1. The maximum atomic E-state index is 11.5. The zero-order valence-electron chi connectivity index (χ0n) is 11.2. The predicted octanol–water partition coefficient (Wildman–Crippen LogP) is 1.83. The number of aromatic nitrogens is 2. The van der Waals surface area contributed by atoms with Crippen molar-refractivity contribution in [3.8, 4) is 0 Å². The Morgan fingerprint density at radius 1 is 1.39 bits per heavy atom. The van der Waals surface area contributed by atoms with Crippen LogP contribution in [-0.4, -0.2) is 28.2 Å². The quantitative estimate of drug-likeness (QED) is 0.834. The second kappa shape index (κ2) is 4.92. The summed E-state index contributed by atoms with van der Waals surface area (Å²) < 4.78 is 0. The minimum atomic E-state index is -0.182. The van der Waals surface area contributed by atoms with Gasteiger partial charge in [-0.2, -0.15) is 0 Å². The molecule has 5 heteroatoms. The second-order valence-corrected chi connectivity index (χ2v) is 5.28. The summed E-state index contributed by atoms with van der Waals surface area (Å²) >= 11 is 0. The molecule has 2 rings (SSSR count). The zero-order valence-corrected chi connectivity index (χ0v) is 11.2. The van der Waals surface area contributed by atoms with E-state index in [0.29, 0.717) is 18.2 Å². The van der Waals surface area contributed by atoms with E-state index in [1.165, 1.54) is 12.8 Å². The van der Waals surface area contributed by atoms with Crippen molar-refractivity contribution < 1.29 is 4.79 Å². The lowest BCUT2D eigenvalue weighted by molar-refractivity contribution is 0.0950. The van der Waals surface area contributed by atoms with Gasteiger partial charge < -0.3 is 10.6 Å². The number of carbonyl (C=O) groups excluding carboxylic acids is 1. The molecule has 18 heavy (non-hydrogen) atoms. The summed E-state index contributed by atoms with van der Waals surface area (Å²) in [5, 5.41) is 14.1. The van der Waals surface area contributed by atoms with Crippen molar-refractivity contribution >= 4 is 11.7 Å². The van der Waals surface area contributed by atoms with E-state index in [1.807, 2.05) is 13.0 Å². The molecule has 5 nitrogen and oxygen atoms in total. The van der Waals surface area contributed by atoms with Crippen molar-refractivity contribution in [2.75, 3.05) is 11.9 Å². The molecule has 0 radical (unpaired) electrons. The van der Waals surface area contributed by atoms with Crippen LogP contribution >= 0.6 is 0 Å². The molecule has 1 aromatic rings. The molecular weight excluding hydrogens is 228 g/mol. The molecule has 98 valence electrons. The van der Waals surface area contributed by atoms with Crippen LogP contribution < -0.4 is 10.6 Å². The van der Waals surface area contributed by atoms with Gasteiger partial charge in [0.05, 0.1) is 0 Å². The van der Waals surface area contributed by atoms with Gasteiger partial charge in [0, 0.05) is 12.1 Å². The Labute approximate surface area is 107 Å². The summed E-state index contributed by atoms with van der Waals surface area (Å²) in [4.78, 5) is 11.5. The lowest BCUT2D eigenvalue weighted by Crippen LogP contribution is -2.34. The Bertz CT molecular complexity index is 423. The number of hydrogen-bond acceptors (Lipinski definition) is 4. The first kappa shape index (κ1) is 12.8. The molecule has 2 N–H and O–H groups in total. The first-order valence-corrected chi connectivity index (χ1v) is 6.43. The first-order valence-electron chi connectivity index (χ1n) is 6.43. The fourth-order valence-electron chi connectivity index (χ4n) is 2.01. The van der Waals surface area contributed by atoms with Crippen LogP contribution in [0.1, 0.15) is 44.1 Å². The molecular formula is C13H20N4O. The van der Waals surface area contributed by atoms with E-state index in [4.69, 9.17) is 0 Å². The molecule has 1 amide bonds. The average Bonchev–Trinajstić information content (AvgIpc) is 3.13. The summed E-state index contributed by atoms with van der Waals surface area (Å²) in [6.45, 7) is 6.81. The molecule has 1 saturated carbocycles. The first-order chi connectivity index (χ1) is 8.53. The van der Waals surface area contributed by atoms with E-state index < -0.39 is 0 Å². The maximum Gasteiger partial charge on any atom is 0.271 e. The van der Waals surface area contributed by atoms with Crippen molar-refractivity contribution in [3.05, 3.63) is 17.8 Å². The normalized spacial score (nSPS) is 15.3. The van der Waals surface area contributed by atoms with Crippen LogP contribution in [0, 0.1) is 5.92 Å². The highest BCUT2D eigenvalue weighted by molar-refractivity contribution is 5.92. The number of anilines is 1. The number of carbonyl (C=O) groups is 1. The third-order valence-electron chi connectivity index (χ3n) is 3.28. The van der Waals surface area contributed by atoms with Gasteiger partial charge in [-0.15, -0.1) is 10.2 Å². The van der Waals surface area contributed by atoms with Crippen LogP contribution in [0.4, 0.5) is 5.82 Å². The van der Waals surface area contributed by atoms with E-state index in [9.17, 15) is 4.79 Å². The fourth-order valence-corrected chi connectivity index (χ4v) is 2.01. The molecule has 1 aromatic heterocycles. The molecule has 1 aliphatic carbocycles. The van der Waals surface area contributed by atoms with E-state index >= 15 is 0 Å². The van der Waals surface area contributed by atoms with E-state index in [0.717, 1.165) is 5.82 Å². The van der Waals surface area contributed by atoms with Crippen molar-refractivity contribution in [1.82, 2.24) is 15.5 Å². The van der Waals surface area contributed by atoms with Gasteiger partial charge >= 0.3 is 0 Å². The minimum absolute atomic E-state index is 0.0435. The summed E-state index contributed by atoms with van der Waals surface area (Å²) in [5.74, 6) is 1.25. The molecule has 0 aliphatic heterocycles. The van der Waals surface area contributed by atoms with Crippen LogP contribution in [-0.2, 0) is 0 Å². The summed E-state index contributed by atoms with van der Waals surface area (Å²) in [7, 11) is 0. The maximum absolute atomic E-state index is 11.5. The van der Waals surface area contributed by atoms with Crippen molar-refractivity contribution in [3.63, 3.8) is 0 Å². The smallest absolute Gasteiger partial charge is 0.271 e. The largest absolute Gasteiger partial charge is 0.363 e. The number of amides is 1. The Morgan fingerprint density at radius 3 is 2.61 bits per heavy atom. The molecule has 0 atom stereocenters. The average molecular weight is 248 g/mol. The van der Waals surface area contributed by atoms with Crippen molar-refractivity contribution in [2.24, 2.45) is 5.92 Å². The number of hydrogen-bond donors (Lipinski definition) is 2. The van der Waals surface area contributed by atoms with Gasteiger partial charge in [0.1, 0.15) is 5.82 Å². The Kier molecular flexibility index (Phi) is 3.50. The lowest BCUT2D eigenvalue weighted by atomic mass is 9.99.